The van der Waals surface area contributed by atoms with E-state index in [4.69, 9.17) is 0 Å². The molecule has 0 amide bonds. The van der Waals surface area contributed by atoms with Crippen molar-refractivity contribution in [3.05, 3.63) is 33.9 Å². The fourth-order valence-electron chi connectivity index (χ4n) is 2.14. The minimum atomic E-state index is -0.319. The molecule has 4 heteroatoms. The zero-order valence-corrected chi connectivity index (χ0v) is 10.3. The van der Waals surface area contributed by atoms with Gasteiger partial charge in [-0.2, -0.15) is 0 Å². The largest absolute Gasteiger partial charge is 0.379 e. The van der Waals surface area contributed by atoms with E-state index in [1.54, 1.807) is 12.1 Å². The van der Waals surface area contributed by atoms with Crippen molar-refractivity contribution in [2.75, 3.05) is 11.9 Å². The second-order valence-corrected chi connectivity index (χ2v) is 4.93. The summed E-state index contributed by atoms with van der Waals surface area (Å²) in [6.45, 7) is 4.93. The van der Waals surface area contributed by atoms with Crippen molar-refractivity contribution in [3.63, 3.8) is 0 Å². The number of benzene rings is 1. The lowest BCUT2D eigenvalue weighted by molar-refractivity contribution is -0.384. The maximum absolute atomic E-state index is 10.9. The Morgan fingerprint density at radius 3 is 2.71 bits per heavy atom. The number of para-hydroxylation sites is 1. The highest BCUT2D eigenvalue weighted by molar-refractivity contribution is 5.66. The second-order valence-electron chi connectivity index (χ2n) is 4.93. The molecule has 0 aliphatic heterocycles. The number of nitro groups is 1. The predicted molar refractivity (Wildman–Crippen MR) is 68.3 cm³/mol. The molecular weight excluding hydrogens is 216 g/mol. The quantitative estimate of drug-likeness (QED) is 0.626. The van der Waals surface area contributed by atoms with E-state index >= 15 is 0 Å². The van der Waals surface area contributed by atoms with E-state index in [0.717, 1.165) is 18.5 Å². The summed E-state index contributed by atoms with van der Waals surface area (Å²) < 4.78 is 0. The van der Waals surface area contributed by atoms with Crippen LogP contribution in [0.2, 0.25) is 0 Å². The van der Waals surface area contributed by atoms with Gasteiger partial charge in [0.15, 0.2) is 0 Å². The Kier molecular flexibility index (Phi) is 3.05. The molecule has 4 nitrogen and oxygen atoms in total. The van der Waals surface area contributed by atoms with E-state index < -0.39 is 0 Å². The van der Waals surface area contributed by atoms with Gasteiger partial charge in [-0.3, -0.25) is 10.1 Å². The number of rotatable bonds is 5. The average molecular weight is 234 g/mol. The molecule has 1 aliphatic rings. The van der Waals surface area contributed by atoms with Crippen LogP contribution in [-0.2, 0) is 0 Å². The summed E-state index contributed by atoms with van der Waals surface area (Å²) in [6.07, 6.45) is 3.60. The van der Waals surface area contributed by atoms with Crippen LogP contribution < -0.4 is 5.32 Å². The van der Waals surface area contributed by atoms with Crippen LogP contribution in [0.5, 0.6) is 0 Å². The van der Waals surface area contributed by atoms with E-state index in [9.17, 15) is 10.1 Å². The Morgan fingerprint density at radius 2 is 2.18 bits per heavy atom. The van der Waals surface area contributed by atoms with Crippen molar-refractivity contribution in [1.29, 1.82) is 0 Å². The lowest BCUT2D eigenvalue weighted by Gasteiger charge is -2.15. The van der Waals surface area contributed by atoms with Crippen molar-refractivity contribution in [1.82, 2.24) is 0 Å². The summed E-state index contributed by atoms with van der Waals surface area (Å²) in [7, 11) is 0. The summed E-state index contributed by atoms with van der Waals surface area (Å²) >= 11 is 0. The molecule has 92 valence electrons. The van der Waals surface area contributed by atoms with Gasteiger partial charge in [0, 0.05) is 12.6 Å². The van der Waals surface area contributed by atoms with Crippen LogP contribution >= 0.6 is 0 Å². The van der Waals surface area contributed by atoms with E-state index in [2.05, 4.69) is 12.2 Å². The Balaban J connectivity index is 2.17. The summed E-state index contributed by atoms with van der Waals surface area (Å²) in [4.78, 5) is 10.6. The molecule has 2 rings (SSSR count). The van der Waals surface area contributed by atoms with Crippen LogP contribution in [0.3, 0.4) is 0 Å². The van der Waals surface area contributed by atoms with Gasteiger partial charge in [-0.1, -0.05) is 19.1 Å². The van der Waals surface area contributed by atoms with Gasteiger partial charge >= 0.3 is 0 Å². The number of nitrogens with one attached hydrogen (secondary N) is 1. The topological polar surface area (TPSA) is 55.2 Å². The summed E-state index contributed by atoms with van der Waals surface area (Å²) in [5.41, 5.74) is 2.18. The number of hydrogen-bond donors (Lipinski definition) is 1. The molecular formula is C13H18N2O2. The van der Waals surface area contributed by atoms with E-state index in [-0.39, 0.29) is 10.6 Å². The van der Waals surface area contributed by atoms with Gasteiger partial charge in [0.2, 0.25) is 0 Å². The van der Waals surface area contributed by atoms with E-state index in [1.165, 1.54) is 12.8 Å². The van der Waals surface area contributed by atoms with Crippen molar-refractivity contribution >= 4 is 11.4 Å². The van der Waals surface area contributed by atoms with Gasteiger partial charge in [-0.25, -0.2) is 0 Å². The Hall–Kier alpha value is -1.58. The van der Waals surface area contributed by atoms with Crippen LogP contribution in [0.1, 0.15) is 31.7 Å². The van der Waals surface area contributed by atoms with Crippen LogP contribution in [0, 0.1) is 22.5 Å². The third-order valence-electron chi connectivity index (χ3n) is 3.79. The van der Waals surface area contributed by atoms with Crippen LogP contribution in [0.15, 0.2) is 18.2 Å². The first-order valence-corrected chi connectivity index (χ1v) is 6.06. The highest BCUT2D eigenvalue weighted by Gasteiger charge is 2.40. The normalized spacial score (nSPS) is 16.6. The fraction of sp³-hybridized carbons (Fsp3) is 0.538. The maximum Gasteiger partial charge on any atom is 0.292 e. The van der Waals surface area contributed by atoms with Gasteiger partial charge in [0.05, 0.1) is 4.92 Å². The Morgan fingerprint density at radius 1 is 1.47 bits per heavy atom. The molecule has 17 heavy (non-hydrogen) atoms. The number of hydrogen-bond acceptors (Lipinski definition) is 3. The van der Waals surface area contributed by atoms with Gasteiger partial charge in [0.25, 0.3) is 5.69 Å². The minimum absolute atomic E-state index is 0.178. The molecule has 0 saturated heterocycles. The standard InChI is InChI=1S/C13H18N2O2/c1-3-13(7-8-13)9-14-12-10(2)5-4-6-11(12)15(16)17/h4-6,14H,3,7-9H2,1-2H3. The molecule has 0 spiro atoms. The molecule has 0 atom stereocenters. The van der Waals surface area contributed by atoms with Crippen LogP contribution in [0.25, 0.3) is 0 Å². The summed E-state index contributed by atoms with van der Waals surface area (Å²) in [6, 6.07) is 5.19. The van der Waals surface area contributed by atoms with Crippen molar-refractivity contribution in [3.8, 4) is 0 Å². The average Bonchev–Trinajstić information content (AvgIpc) is 3.08. The molecule has 1 aromatic carbocycles. The molecule has 1 saturated carbocycles. The van der Waals surface area contributed by atoms with Crippen LogP contribution in [-0.4, -0.2) is 11.5 Å². The molecule has 0 aromatic heterocycles. The summed E-state index contributed by atoms with van der Waals surface area (Å²) in [5.74, 6) is 0. The van der Waals surface area contributed by atoms with Gasteiger partial charge in [-0.15, -0.1) is 0 Å². The molecule has 0 heterocycles. The predicted octanol–water partition coefficient (Wildman–Crippen LogP) is 3.51. The number of aryl methyl sites for hydroxylation is 1. The molecule has 1 aromatic rings. The zero-order valence-electron chi connectivity index (χ0n) is 10.3. The Labute approximate surface area is 101 Å². The smallest absolute Gasteiger partial charge is 0.292 e. The molecule has 0 radical (unpaired) electrons. The second kappa shape index (κ2) is 4.35. The summed E-state index contributed by atoms with van der Waals surface area (Å²) in [5, 5.41) is 14.2. The maximum atomic E-state index is 10.9. The van der Waals surface area contributed by atoms with Gasteiger partial charge in [-0.05, 0) is 37.2 Å². The first kappa shape index (κ1) is 11.9. The van der Waals surface area contributed by atoms with Crippen LogP contribution in [0.4, 0.5) is 11.4 Å². The minimum Gasteiger partial charge on any atom is -0.379 e. The Bertz CT molecular complexity index is 439. The lowest BCUT2D eigenvalue weighted by Crippen LogP contribution is -2.15. The van der Waals surface area contributed by atoms with Crippen molar-refractivity contribution < 1.29 is 4.92 Å². The molecule has 1 fully saturated rings. The SMILES string of the molecule is CCC1(CNc2c(C)cccc2[N+](=O)[O-])CC1. The van der Waals surface area contributed by atoms with Gasteiger partial charge < -0.3 is 5.32 Å². The van der Waals surface area contributed by atoms with Crippen molar-refractivity contribution in [2.24, 2.45) is 5.41 Å². The zero-order chi connectivity index (χ0) is 12.5. The van der Waals surface area contributed by atoms with Crippen molar-refractivity contribution in [2.45, 2.75) is 33.1 Å². The number of nitro benzene ring substituents is 1. The first-order chi connectivity index (χ1) is 8.08. The lowest BCUT2D eigenvalue weighted by atomic mass is 10.0. The highest BCUT2D eigenvalue weighted by Crippen LogP contribution is 2.48. The highest BCUT2D eigenvalue weighted by atomic mass is 16.6. The fourth-order valence-corrected chi connectivity index (χ4v) is 2.14. The van der Waals surface area contributed by atoms with E-state index in [0.29, 0.717) is 11.1 Å². The third kappa shape index (κ3) is 2.40. The number of anilines is 1. The molecule has 1 N–H and O–H groups in total. The molecule has 0 unspecified atom stereocenters. The first-order valence-electron chi connectivity index (χ1n) is 6.06. The van der Waals surface area contributed by atoms with E-state index in [1.807, 2.05) is 13.0 Å². The third-order valence-corrected chi connectivity index (χ3v) is 3.79. The monoisotopic (exact) mass is 234 g/mol. The molecule has 0 bridgehead atoms. The van der Waals surface area contributed by atoms with Gasteiger partial charge in [0.1, 0.15) is 5.69 Å². The molecule has 1 aliphatic carbocycles. The number of nitrogens with zero attached hydrogens (tertiary/aromatic N) is 1.